The van der Waals surface area contributed by atoms with E-state index < -0.39 is 5.97 Å². The highest BCUT2D eigenvalue weighted by atomic mass is 16.5. The molecule has 0 aliphatic rings. The van der Waals surface area contributed by atoms with Gasteiger partial charge in [-0.2, -0.15) is 5.10 Å². The van der Waals surface area contributed by atoms with Crippen LogP contribution in [-0.2, 0) is 14.3 Å². The molecule has 2 rings (SSSR count). The number of hydrogen-bond acceptors (Lipinski definition) is 4. The van der Waals surface area contributed by atoms with Crippen LogP contribution in [-0.4, -0.2) is 28.3 Å². The Morgan fingerprint density at radius 3 is 2.38 bits per heavy atom. The molecule has 6 nitrogen and oxygen atoms in total. The Balaban J connectivity index is 2.13. The third kappa shape index (κ3) is 4.01. The Kier molecular flexibility index (Phi) is 5.39. The average Bonchev–Trinajstić information content (AvgIpc) is 2.81. The topological polar surface area (TPSA) is 73.2 Å². The Morgan fingerprint density at radius 1 is 1.17 bits per heavy atom. The molecule has 2 aromatic rings. The maximum atomic E-state index is 12.0. The van der Waals surface area contributed by atoms with Crippen LogP contribution in [0, 0.1) is 26.7 Å². The van der Waals surface area contributed by atoms with Crippen LogP contribution in [0.5, 0.6) is 0 Å². The number of ether oxygens (including phenoxy) is 1. The summed E-state index contributed by atoms with van der Waals surface area (Å²) in [7, 11) is 0. The number of nitrogens with zero attached hydrogens (tertiary/aromatic N) is 2. The monoisotopic (exact) mass is 329 g/mol. The standard InChI is InChI=1S/C18H23N3O3/c1-11(2)18(23)24-10-16(22)19-17-13(4)20-21(14(17)5)15-8-6-12(3)7-9-15/h6-9,11H,10H2,1-5H3,(H,19,22). The van der Waals surface area contributed by atoms with Gasteiger partial charge >= 0.3 is 5.97 Å². The molecule has 128 valence electrons. The molecule has 0 saturated heterocycles. The van der Waals surface area contributed by atoms with Gasteiger partial charge in [0.1, 0.15) is 0 Å². The molecule has 0 fully saturated rings. The van der Waals surface area contributed by atoms with Crippen LogP contribution >= 0.6 is 0 Å². The number of aromatic nitrogens is 2. The molecule has 0 atom stereocenters. The molecule has 1 aromatic heterocycles. The van der Waals surface area contributed by atoms with Crippen molar-refractivity contribution < 1.29 is 14.3 Å². The lowest BCUT2D eigenvalue weighted by Crippen LogP contribution is -2.23. The summed E-state index contributed by atoms with van der Waals surface area (Å²) in [4.78, 5) is 23.4. The average molecular weight is 329 g/mol. The molecular formula is C18H23N3O3. The summed E-state index contributed by atoms with van der Waals surface area (Å²) in [6.45, 7) is 8.88. The lowest BCUT2D eigenvalue weighted by atomic mass is 10.2. The second-order valence-electron chi connectivity index (χ2n) is 6.10. The summed E-state index contributed by atoms with van der Waals surface area (Å²) in [6, 6.07) is 7.97. The number of esters is 1. The fourth-order valence-corrected chi connectivity index (χ4v) is 2.24. The van der Waals surface area contributed by atoms with Crippen molar-refractivity contribution >= 4 is 17.6 Å². The molecule has 1 heterocycles. The van der Waals surface area contributed by atoms with Crippen LogP contribution in [0.1, 0.15) is 30.8 Å². The first-order chi connectivity index (χ1) is 11.3. The zero-order valence-corrected chi connectivity index (χ0v) is 14.7. The minimum Gasteiger partial charge on any atom is -0.455 e. The van der Waals surface area contributed by atoms with Crippen molar-refractivity contribution in [3.05, 3.63) is 41.2 Å². The maximum Gasteiger partial charge on any atom is 0.308 e. The molecule has 1 N–H and O–H groups in total. The quantitative estimate of drug-likeness (QED) is 0.856. The number of carbonyl (C=O) groups excluding carboxylic acids is 2. The second-order valence-corrected chi connectivity index (χ2v) is 6.10. The Bertz CT molecular complexity index is 746. The van der Waals surface area contributed by atoms with E-state index in [0.29, 0.717) is 11.4 Å². The Labute approximate surface area is 141 Å². The number of carbonyl (C=O) groups is 2. The third-order valence-corrected chi connectivity index (χ3v) is 3.65. The SMILES string of the molecule is Cc1ccc(-n2nc(C)c(NC(=O)COC(=O)C(C)C)c2C)cc1. The van der Waals surface area contributed by atoms with Crippen molar-refractivity contribution in [2.24, 2.45) is 5.92 Å². The minimum atomic E-state index is -0.394. The Hall–Kier alpha value is -2.63. The van der Waals surface area contributed by atoms with Gasteiger partial charge in [-0.1, -0.05) is 31.5 Å². The summed E-state index contributed by atoms with van der Waals surface area (Å²) in [5.41, 5.74) is 4.26. The van der Waals surface area contributed by atoms with Crippen LogP contribution in [0.25, 0.3) is 5.69 Å². The van der Waals surface area contributed by atoms with E-state index in [9.17, 15) is 9.59 Å². The van der Waals surface area contributed by atoms with Crippen LogP contribution in [0.4, 0.5) is 5.69 Å². The van der Waals surface area contributed by atoms with E-state index in [0.717, 1.165) is 11.4 Å². The van der Waals surface area contributed by atoms with E-state index in [4.69, 9.17) is 4.74 Å². The van der Waals surface area contributed by atoms with E-state index in [-0.39, 0.29) is 18.4 Å². The van der Waals surface area contributed by atoms with Crippen molar-refractivity contribution in [2.45, 2.75) is 34.6 Å². The molecule has 0 radical (unpaired) electrons. The van der Waals surface area contributed by atoms with Gasteiger partial charge in [-0.3, -0.25) is 9.59 Å². The maximum absolute atomic E-state index is 12.0. The van der Waals surface area contributed by atoms with Crippen molar-refractivity contribution in [1.29, 1.82) is 0 Å². The van der Waals surface area contributed by atoms with Crippen molar-refractivity contribution in [2.75, 3.05) is 11.9 Å². The second kappa shape index (κ2) is 7.29. The molecule has 0 spiro atoms. The largest absolute Gasteiger partial charge is 0.455 e. The van der Waals surface area contributed by atoms with Gasteiger partial charge in [-0.15, -0.1) is 0 Å². The van der Waals surface area contributed by atoms with E-state index in [2.05, 4.69) is 10.4 Å². The number of benzene rings is 1. The summed E-state index contributed by atoms with van der Waals surface area (Å²) in [6.07, 6.45) is 0. The zero-order chi connectivity index (χ0) is 17.9. The highest BCUT2D eigenvalue weighted by Gasteiger charge is 2.17. The van der Waals surface area contributed by atoms with E-state index in [1.165, 1.54) is 5.56 Å². The molecule has 0 aliphatic heterocycles. The van der Waals surface area contributed by atoms with Crippen LogP contribution in [0.15, 0.2) is 24.3 Å². The van der Waals surface area contributed by atoms with Crippen LogP contribution in [0.3, 0.4) is 0 Å². The van der Waals surface area contributed by atoms with Gasteiger partial charge in [0.2, 0.25) is 0 Å². The highest BCUT2D eigenvalue weighted by Crippen LogP contribution is 2.23. The minimum absolute atomic E-state index is 0.259. The normalized spacial score (nSPS) is 10.8. The van der Waals surface area contributed by atoms with Crippen LogP contribution < -0.4 is 5.32 Å². The fourth-order valence-electron chi connectivity index (χ4n) is 2.24. The van der Waals surface area contributed by atoms with Gasteiger partial charge in [0.25, 0.3) is 5.91 Å². The van der Waals surface area contributed by atoms with Gasteiger partial charge in [-0.25, -0.2) is 4.68 Å². The summed E-state index contributed by atoms with van der Waals surface area (Å²) < 4.78 is 6.73. The number of amides is 1. The molecule has 24 heavy (non-hydrogen) atoms. The Morgan fingerprint density at radius 2 is 1.79 bits per heavy atom. The summed E-state index contributed by atoms with van der Waals surface area (Å²) >= 11 is 0. The van der Waals surface area contributed by atoms with Gasteiger partial charge < -0.3 is 10.1 Å². The molecule has 0 unspecified atom stereocenters. The third-order valence-electron chi connectivity index (χ3n) is 3.65. The first-order valence-corrected chi connectivity index (χ1v) is 7.89. The molecule has 0 saturated carbocycles. The zero-order valence-electron chi connectivity index (χ0n) is 14.7. The van der Waals surface area contributed by atoms with Gasteiger partial charge in [0.15, 0.2) is 6.61 Å². The first-order valence-electron chi connectivity index (χ1n) is 7.89. The molecule has 1 amide bonds. The number of hydrogen-bond donors (Lipinski definition) is 1. The summed E-state index contributed by atoms with van der Waals surface area (Å²) in [5.74, 6) is -1.03. The van der Waals surface area contributed by atoms with E-state index in [1.54, 1.807) is 18.5 Å². The number of nitrogens with one attached hydrogen (secondary N) is 1. The van der Waals surface area contributed by atoms with Gasteiger partial charge in [0, 0.05) is 0 Å². The number of anilines is 1. The van der Waals surface area contributed by atoms with Crippen molar-refractivity contribution in [3.8, 4) is 5.69 Å². The van der Waals surface area contributed by atoms with Gasteiger partial charge in [-0.05, 0) is 32.9 Å². The lowest BCUT2D eigenvalue weighted by Gasteiger charge is -2.09. The van der Waals surface area contributed by atoms with E-state index in [1.807, 2.05) is 45.0 Å². The first kappa shape index (κ1) is 17.7. The number of rotatable bonds is 5. The number of aryl methyl sites for hydroxylation is 2. The molecule has 0 bridgehead atoms. The smallest absolute Gasteiger partial charge is 0.308 e. The van der Waals surface area contributed by atoms with E-state index >= 15 is 0 Å². The van der Waals surface area contributed by atoms with Crippen molar-refractivity contribution in [1.82, 2.24) is 9.78 Å². The molecule has 0 aliphatic carbocycles. The van der Waals surface area contributed by atoms with Gasteiger partial charge in [0.05, 0.1) is 28.7 Å². The van der Waals surface area contributed by atoms with Crippen molar-refractivity contribution in [3.63, 3.8) is 0 Å². The lowest BCUT2D eigenvalue weighted by molar-refractivity contribution is -0.150. The molecular weight excluding hydrogens is 306 g/mol. The van der Waals surface area contributed by atoms with Crippen LogP contribution in [0.2, 0.25) is 0 Å². The predicted molar refractivity (Wildman–Crippen MR) is 92.2 cm³/mol. The molecule has 6 heteroatoms. The molecule has 1 aromatic carbocycles. The highest BCUT2D eigenvalue weighted by molar-refractivity contribution is 5.94. The summed E-state index contributed by atoms with van der Waals surface area (Å²) in [5, 5.41) is 7.26. The predicted octanol–water partition coefficient (Wildman–Crippen LogP) is 2.94. The fraction of sp³-hybridized carbons (Fsp3) is 0.389.